The molecule has 4 nitrogen and oxygen atoms in total. The van der Waals surface area contributed by atoms with Crippen molar-refractivity contribution in [3.05, 3.63) is 23.8 Å². The van der Waals surface area contributed by atoms with Crippen LogP contribution in [0.4, 0.5) is 0 Å². The topological polar surface area (TPSA) is 52.6 Å². The molecule has 0 amide bonds. The first-order valence-corrected chi connectivity index (χ1v) is 7.43. The lowest BCUT2D eigenvalue weighted by Gasteiger charge is -2.14. The third-order valence-corrected chi connectivity index (χ3v) is 2.86. The number of ketones is 2. The van der Waals surface area contributed by atoms with Crippen LogP contribution in [-0.2, 0) is 4.79 Å². The lowest BCUT2D eigenvalue weighted by atomic mass is 9.99. The molecule has 0 fully saturated rings. The van der Waals surface area contributed by atoms with Gasteiger partial charge in [-0.15, -0.1) is 0 Å². The fraction of sp³-hybridized carbons (Fsp3) is 0.529. The van der Waals surface area contributed by atoms with Crippen molar-refractivity contribution in [1.82, 2.24) is 0 Å². The van der Waals surface area contributed by atoms with Crippen LogP contribution in [-0.4, -0.2) is 24.8 Å². The van der Waals surface area contributed by atoms with Crippen LogP contribution in [0, 0.1) is 5.92 Å². The Morgan fingerprint density at radius 1 is 1.05 bits per heavy atom. The lowest BCUT2D eigenvalue weighted by Crippen LogP contribution is -2.13. The van der Waals surface area contributed by atoms with Gasteiger partial charge in [-0.05, 0) is 31.9 Å². The molecule has 0 aliphatic carbocycles. The molecule has 0 saturated carbocycles. The maximum absolute atomic E-state index is 12.4. The summed E-state index contributed by atoms with van der Waals surface area (Å²) in [4.78, 5) is 24.3. The van der Waals surface area contributed by atoms with Gasteiger partial charge < -0.3 is 9.47 Å². The summed E-state index contributed by atoms with van der Waals surface area (Å²) >= 11 is 0. The van der Waals surface area contributed by atoms with E-state index < -0.39 is 0 Å². The van der Waals surface area contributed by atoms with Crippen molar-refractivity contribution >= 4 is 11.6 Å². The van der Waals surface area contributed by atoms with E-state index in [1.165, 1.54) is 0 Å². The third kappa shape index (κ3) is 5.21. The molecule has 4 heteroatoms. The molecule has 0 spiro atoms. The molecule has 0 unspecified atom stereocenters. The number of hydrogen-bond donors (Lipinski definition) is 0. The van der Waals surface area contributed by atoms with Crippen LogP contribution < -0.4 is 9.47 Å². The van der Waals surface area contributed by atoms with Gasteiger partial charge in [-0.1, -0.05) is 19.9 Å². The highest BCUT2D eigenvalue weighted by Gasteiger charge is 2.21. The Hall–Kier alpha value is -1.84. The smallest absolute Gasteiger partial charge is 0.177 e. The lowest BCUT2D eigenvalue weighted by molar-refractivity contribution is -0.118. The minimum absolute atomic E-state index is 0.0521. The Bertz CT molecular complexity index is 467. The predicted octanol–water partition coefficient (Wildman–Crippen LogP) is 3.67. The van der Waals surface area contributed by atoms with Crippen LogP contribution in [0.25, 0.3) is 0 Å². The molecule has 1 aromatic carbocycles. The largest absolute Gasteiger partial charge is 0.493 e. The van der Waals surface area contributed by atoms with Gasteiger partial charge in [-0.2, -0.15) is 0 Å². The Labute approximate surface area is 126 Å². The third-order valence-electron chi connectivity index (χ3n) is 2.86. The highest BCUT2D eigenvalue weighted by Crippen LogP contribution is 2.30. The van der Waals surface area contributed by atoms with Crippen LogP contribution in [0.5, 0.6) is 11.5 Å². The zero-order chi connectivity index (χ0) is 15.8. The number of benzene rings is 1. The number of carbonyl (C=O) groups is 2. The van der Waals surface area contributed by atoms with E-state index in [1.54, 1.807) is 18.2 Å². The second-order valence-electron chi connectivity index (χ2n) is 5.23. The van der Waals surface area contributed by atoms with Gasteiger partial charge >= 0.3 is 0 Å². The Morgan fingerprint density at radius 3 is 2.00 bits per heavy atom. The fourth-order valence-corrected chi connectivity index (χ4v) is 2.13. The van der Waals surface area contributed by atoms with Crippen molar-refractivity contribution in [2.24, 2.45) is 5.92 Å². The molecular weight excluding hydrogens is 268 g/mol. The molecule has 0 aromatic heterocycles. The molecule has 0 N–H and O–H groups in total. The second kappa shape index (κ2) is 8.45. The highest BCUT2D eigenvalue weighted by atomic mass is 16.5. The van der Waals surface area contributed by atoms with E-state index in [2.05, 4.69) is 0 Å². The molecule has 116 valence electrons. The van der Waals surface area contributed by atoms with Gasteiger partial charge in [0.2, 0.25) is 0 Å². The van der Waals surface area contributed by atoms with Crippen molar-refractivity contribution < 1.29 is 19.1 Å². The molecule has 0 saturated heterocycles. The van der Waals surface area contributed by atoms with E-state index in [1.807, 2.05) is 27.7 Å². The van der Waals surface area contributed by atoms with E-state index >= 15 is 0 Å². The van der Waals surface area contributed by atoms with Crippen LogP contribution in [0.3, 0.4) is 0 Å². The van der Waals surface area contributed by atoms with Gasteiger partial charge in [-0.25, -0.2) is 0 Å². The van der Waals surface area contributed by atoms with E-state index in [-0.39, 0.29) is 23.9 Å². The zero-order valence-corrected chi connectivity index (χ0v) is 13.3. The average molecular weight is 292 g/mol. The number of Topliss-reactive ketones (excluding diaryl/α,β-unsaturated/α-hetero) is 2. The Morgan fingerprint density at radius 2 is 1.57 bits per heavy atom. The highest BCUT2D eigenvalue weighted by molar-refractivity contribution is 6.10. The SMILES string of the molecule is CCOc1cccc(OCC)c1C(=O)CC(=O)CC(C)C. The molecule has 0 radical (unpaired) electrons. The van der Waals surface area contributed by atoms with Gasteiger partial charge in [0.1, 0.15) is 22.8 Å². The fourth-order valence-electron chi connectivity index (χ4n) is 2.13. The first-order valence-electron chi connectivity index (χ1n) is 7.43. The summed E-state index contributed by atoms with van der Waals surface area (Å²) in [5.74, 6) is 0.910. The van der Waals surface area contributed by atoms with E-state index in [0.29, 0.717) is 36.7 Å². The quantitative estimate of drug-likeness (QED) is 0.514. The normalized spacial score (nSPS) is 10.5. The molecule has 21 heavy (non-hydrogen) atoms. The summed E-state index contributed by atoms with van der Waals surface area (Å²) in [6, 6.07) is 5.24. The first-order chi connectivity index (χ1) is 9.99. The van der Waals surface area contributed by atoms with Gasteiger partial charge in [0, 0.05) is 6.42 Å². The zero-order valence-electron chi connectivity index (χ0n) is 13.3. The summed E-state index contributed by atoms with van der Waals surface area (Å²) in [6.07, 6.45) is 0.300. The molecule has 0 heterocycles. The molecule has 1 aromatic rings. The Kier molecular flexibility index (Phi) is 6.92. The average Bonchev–Trinajstić information content (AvgIpc) is 2.38. The minimum Gasteiger partial charge on any atom is -0.493 e. The number of rotatable bonds is 9. The van der Waals surface area contributed by atoms with Crippen LogP contribution in [0.1, 0.15) is 50.9 Å². The second-order valence-corrected chi connectivity index (χ2v) is 5.23. The molecule has 1 rings (SSSR count). The van der Waals surface area contributed by atoms with E-state index in [9.17, 15) is 9.59 Å². The predicted molar refractivity (Wildman–Crippen MR) is 82.2 cm³/mol. The summed E-state index contributed by atoms with van der Waals surface area (Å²) in [5, 5.41) is 0. The summed E-state index contributed by atoms with van der Waals surface area (Å²) in [5.41, 5.74) is 0.373. The molecule has 0 aliphatic rings. The van der Waals surface area contributed by atoms with E-state index in [4.69, 9.17) is 9.47 Å². The van der Waals surface area contributed by atoms with Crippen LogP contribution in [0.2, 0.25) is 0 Å². The Balaban J connectivity index is 3.01. The maximum Gasteiger partial charge on any atom is 0.177 e. The van der Waals surface area contributed by atoms with Gasteiger partial charge in [-0.3, -0.25) is 9.59 Å². The van der Waals surface area contributed by atoms with Crippen molar-refractivity contribution in [3.63, 3.8) is 0 Å². The van der Waals surface area contributed by atoms with Crippen LogP contribution in [0.15, 0.2) is 18.2 Å². The summed E-state index contributed by atoms with van der Waals surface area (Å²) < 4.78 is 11.0. The van der Waals surface area contributed by atoms with Gasteiger partial charge in [0.15, 0.2) is 5.78 Å². The van der Waals surface area contributed by atoms with Crippen molar-refractivity contribution in [3.8, 4) is 11.5 Å². The number of carbonyl (C=O) groups excluding carboxylic acids is 2. The molecular formula is C17H24O4. The first kappa shape index (κ1) is 17.2. The minimum atomic E-state index is -0.242. The van der Waals surface area contributed by atoms with Gasteiger partial charge in [0.25, 0.3) is 0 Å². The monoisotopic (exact) mass is 292 g/mol. The molecule has 0 aliphatic heterocycles. The van der Waals surface area contributed by atoms with Gasteiger partial charge in [0.05, 0.1) is 19.6 Å². The maximum atomic E-state index is 12.4. The van der Waals surface area contributed by atoms with Crippen molar-refractivity contribution in [2.75, 3.05) is 13.2 Å². The molecule has 0 bridgehead atoms. The van der Waals surface area contributed by atoms with E-state index in [0.717, 1.165) is 0 Å². The molecule has 0 atom stereocenters. The summed E-state index contributed by atoms with van der Waals surface area (Å²) in [7, 11) is 0. The summed E-state index contributed by atoms with van der Waals surface area (Å²) in [6.45, 7) is 8.53. The van der Waals surface area contributed by atoms with Crippen molar-refractivity contribution in [1.29, 1.82) is 0 Å². The van der Waals surface area contributed by atoms with Crippen LogP contribution >= 0.6 is 0 Å². The number of ether oxygens (including phenoxy) is 2. The number of hydrogen-bond acceptors (Lipinski definition) is 4. The van der Waals surface area contributed by atoms with Crippen molar-refractivity contribution in [2.45, 2.75) is 40.5 Å². The standard InChI is InChI=1S/C17H24O4/c1-5-20-15-8-7-9-16(21-6-2)17(15)14(19)11-13(18)10-12(3)4/h7-9,12H,5-6,10-11H2,1-4H3.